The highest BCUT2D eigenvalue weighted by Gasteiger charge is 2.08. The standard InChI is InChI=1S/C9H4Cl3NS/c10-6-3-1-5(2-4-6)9-13-7(11)8(12)14-9/h1-4H. The lowest BCUT2D eigenvalue weighted by atomic mass is 10.2. The van der Waals surface area contributed by atoms with Crippen molar-refractivity contribution in [2.45, 2.75) is 0 Å². The van der Waals surface area contributed by atoms with Gasteiger partial charge in [0.15, 0.2) is 5.15 Å². The van der Waals surface area contributed by atoms with Crippen LogP contribution in [0.3, 0.4) is 0 Å². The maximum absolute atomic E-state index is 5.81. The molecule has 1 nitrogen and oxygen atoms in total. The van der Waals surface area contributed by atoms with E-state index in [4.69, 9.17) is 34.8 Å². The van der Waals surface area contributed by atoms with E-state index in [1.54, 1.807) is 12.1 Å². The number of thiazole rings is 1. The maximum atomic E-state index is 5.81. The Labute approximate surface area is 100 Å². The molecule has 0 spiro atoms. The summed E-state index contributed by atoms with van der Waals surface area (Å²) in [6.07, 6.45) is 0. The molecule has 0 saturated carbocycles. The second kappa shape index (κ2) is 4.07. The first-order valence-electron chi connectivity index (χ1n) is 3.74. The molecule has 0 aliphatic heterocycles. The van der Waals surface area contributed by atoms with Crippen LogP contribution in [0.4, 0.5) is 0 Å². The number of halogens is 3. The third-order valence-electron chi connectivity index (χ3n) is 1.64. The molecule has 0 aliphatic carbocycles. The Morgan fingerprint density at radius 1 is 1.00 bits per heavy atom. The summed E-state index contributed by atoms with van der Waals surface area (Å²) in [6, 6.07) is 7.38. The quantitative estimate of drug-likeness (QED) is 0.723. The van der Waals surface area contributed by atoms with E-state index in [1.165, 1.54) is 11.3 Å². The summed E-state index contributed by atoms with van der Waals surface area (Å²) < 4.78 is 0.511. The Morgan fingerprint density at radius 3 is 2.14 bits per heavy atom. The van der Waals surface area contributed by atoms with Crippen LogP contribution in [0.2, 0.25) is 14.5 Å². The average molecular weight is 265 g/mol. The average Bonchev–Trinajstić information content (AvgIpc) is 2.48. The van der Waals surface area contributed by atoms with Crippen LogP contribution in [-0.4, -0.2) is 4.98 Å². The van der Waals surface area contributed by atoms with Gasteiger partial charge in [0.25, 0.3) is 0 Å². The van der Waals surface area contributed by atoms with Crippen LogP contribution in [0.25, 0.3) is 10.6 Å². The molecule has 2 aromatic rings. The zero-order valence-corrected chi connectivity index (χ0v) is 9.88. The van der Waals surface area contributed by atoms with E-state index in [-0.39, 0.29) is 0 Å². The molecule has 0 N–H and O–H groups in total. The highest BCUT2D eigenvalue weighted by molar-refractivity contribution is 7.19. The van der Waals surface area contributed by atoms with Gasteiger partial charge in [-0.3, -0.25) is 0 Å². The molecule has 1 heterocycles. The van der Waals surface area contributed by atoms with E-state index < -0.39 is 0 Å². The predicted molar refractivity (Wildman–Crippen MR) is 62.6 cm³/mol. The molecule has 0 radical (unpaired) electrons. The maximum Gasteiger partial charge on any atom is 0.159 e. The van der Waals surface area contributed by atoms with Crippen LogP contribution in [0, 0.1) is 0 Å². The molecule has 5 heteroatoms. The van der Waals surface area contributed by atoms with Gasteiger partial charge in [0.05, 0.1) is 0 Å². The van der Waals surface area contributed by atoms with Crippen LogP contribution < -0.4 is 0 Å². The summed E-state index contributed by atoms with van der Waals surface area (Å²) in [6.45, 7) is 0. The SMILES string of the molecule is Clc1ccc(-c2nc(Cl)c(Cl)s2)cc1. The summed E-state index contributed by atoms with van der Waals surface area (Å²) in [5.74, 6) is 0. The smallest absolute Gasteiger partial charge is 0.159 e. The van der Waals surface area contributed by atoms with Gasteiger partial charge in [-0.15, -0.1) is 11.3 Å². The largest absolute Gasteiger partial charge is 0.223 e. The van der Waals surface area contributed by atoms with E-state index in [9.17, 15) is 0 Å². The topological polar surface area (TPSA) is 12.9 Å². The first-order valence-corrected chi connectivity index (χ1v) is 5.69. The number of aromatic nitrogens is 1. The van der Waals surface area contributed by atoms with Crippen molar-refractivity contribution in [2.75, 3.05) is 0 Å². The van der Waals surface area contributed by atoms with Crippen molar-refractivity contribution < 1.29 is 0 Å². The molecule has 0 atom stereocenters. The first kappa shape index (κ1) is 10.2. The number of hydrogen-bond donors (Lipinski definition) is 0. The third-order valence-corrected chi connectivity index (χ3v) is 3.68. The monoisotopic (exact) mass is 263 g/mol. The molecule has 1 aromatic heterocycles. The molecule has 0 bridgehead atoms. The number of rotatable bonds is 1. The Kier molecular flexibility index (Phi) is 2.98. The second-order valence-electron chi connectivity index (χ2n) is 2.59. The Morgan fingerprint density at radius 2 is 1.64 bits per heavy atom. The molecular formula is C9H4Cl3NS. The van der Waals surface area contributed by atoms with Crippen LogP contribution in [0.15, 0.2) is 24.3 Å². The van der Waals surface area contributed by atoms with E-state index in [1.807, 2.05) is 12.1 Å². The van der Waals surface area contributed by atoms with Crippen molar-refractivity contribution >= 4 is 46.1 Å². The van der Waals surface area contributed by atoms with Gasteiger partial charge in [0.2, 0.25) is 0 Å². The number of nitrogens with zero attached hydrogens (tertiary/aromatic N) is 1. The van der Waals surface area contributed by atoms with Gasteiger partial charge >= 0.3 is 0 Å². The first-order chi connectivity index (χ1) is 6.66. The summed E-state index contributed by atoms with van der Waals surface area (Å²) >= 11 is 18.7. The zero-order valence-electron chi connectivity index (χ0n) is 6.80. The number of hydrogen-bond acceptors (Lipinski definition) is 2. The predicted octanol–water partition coefficient (Wildman–Crippen LogP) is 4.77. The minimum atomic E-state index is 0.349. The van der Waals surface area contributed by atoms with Gasteiger partial charge in [-0.25, -0.2) is 4.98 Å². The van der Waals surface area contributed by atoms with Crippen LogP contribution in [0.1, 0.15) is 0 Å². The lowest BCUT2D eigenvalue weighted by Crippen LogP contribution is -1.74. The van der Waals surface area contributed by atoms with E-state index in [2.05, 4.69) is 4.98 Å². The molecule has 0 fully saturated rings. The zero-order chi connectivity index (χ0) is 10.1. The fraction of sp³-hybridized carbons (Fsp3) is 0. The summed E-state index contributed by atoms with van der Waals surface area (Å²) in [5.41, 5.74) is 0.966. The van der Waals surface area contributed by atoms with Crippen LogP contribution in [0.5, 0.6) is 0 Å². The van der Waals surface area contributed by atoms with E-state index >= 15 is 0 Å². The lowest BCUT2D eigenvalue weighted by molar-refractivity contribution is 1.41. The highest BCUT2D eigenvalue weighted by Crippen LogP contribution is 2.34. The molecule has 1 aromatic carbocycles. The van der Waals surface area contributed by atoms with Crippen molar-refractivity contribution in [3.8, 4) is 10.6 Å². The Bertz CT molecular complexity index is 430. The van der Waals surface area contributed by atoms with E-state index in [0.29, 0.717) is 14.5 Å². The van der Waals surface area contributed by atoms with Gasteiger partial charge < -0.3 is 0 Å². The summed E-state index contributed by atoms with van der Waals surface area (Å²) in [7, 11) is 0. The van der Waals surface area contributed by atoms with Crippen LogP contribution >= 0.6 is 46.1 Å². The van der Waals surface area contributed by atoms with Crippen LogP contribution in [-0.2, 0) is 0 Å². The molecule has 0 aliphatic rings. The fourth-order valence-corrected chi connectivity index (χ4v) is 2.33. The second-order valence-corrected chi connectivity index (χ2v) is 4.99. The highest BCUT2D eigenvalue weighted by atomic mass is 35.5. The molecule has 14 heavy (non-hydrogen) atoms. The van der Waals surface area contributed by atoms with Gasteiger partial charge in [0.1, 0.15) is 9.34 Å². The molecule has 2 rings (SSSR count). The molecule has 0 amide bonds. The van der Waals surface area contributed by atoms with Gasteiger partial charge in [0, 0.05) is 10.6 Å². The van der Waals surface area contributed by atoms with Crippen molar-refractivity contribution in [2.24, 2.45) is 0 Å². The van der Waals surface area contributed by atoms with Crippen molar-refractivity contribution in [1.29, 1.82) is 0 Å². The van der Waals surface area contributed by atoms with Crippen molar-refractivity contribution in [3.05, 3.63) is 38.8 Å². The minimum Gasteiger partial charge on any atom is -0.223 e. The molecule has 0 saturated heterocycles. The van der Waals surface area contributed by atoms with Crippen molar-refractivity contribution in [3.63, 3.8) is 0 Å². The van der Waals surface area contributed by atoms with Gasteiger partial charge in [-0.2, -0.15) is 0 Å². The van der Waals surface area contributed by atoms with Gasteiger partial charge in [-0.05, 0) is 12.1 Å². The fourth-order valence-electron chi connectivity index (χ4n) is 0.999. The summed E-state index contributed by atoms with van der Waals surface area (Å²) in [4.78, 5) is 4.12. The molecular weight excluding hydrogens is 261 g/mol. The molecule has 72 valence electrons. The Hall–Kier alpha value is -0.280. The van der Waals surface area contributed by atoms with E-state index in [0.717, 1.165) is 10.6 Å². The molecule has 0 unspecified atom stereocenters. The lowest BCUT2D eigenvalue weighted by Gasteiger charge is -1.94. The van der Waals surface area contributed by atoms with Crippen molar-refractivity contribution in [1.82, 2.24) is 4.98 Å². The number of benzene rings is 1. The minimum absolute atomic E-state index is 0.349. The van der Waals surface area contributed by atoms with Gasteiger partial charge in [-0.1, -0.05) is 46.9 Å². The third kappa shape index (κ3) is 2.04. The summed E-state index contributed by atoms with van der Waals surface area (Å²) in [5, 5.41) is 1.85. The normalized spacial score (nSPS) is 10.5. The Balaban J connectivity index is 2.44.